The van der Waals surface area contributed by atoms with Crippen LogP contribution in [0.2, 0.25) is 0 Å². The van der Waals surface area contributed by atoms with Crippen LogP contribution in [0.25, 0.3) is 0 Å². The first kappa shape index (κ1) is 17.2. The summed E-state index contributed by atoms with van der Waals surface area (Å²) in [5, 5.41) is 10.7. The molecular weight excluding hydrogens is 372 g/mol. The van der Waals surface area contributed by atoms with Gasteiger partial charge in [-0.3, -0.25) is 9.59 Å². The van der Waals surface area contributed by atoms with Gasteiger partial charge in [-0.25, -0.2) is 0 Å². The minimum atomic E-state index is -0.959. The highest BCUT2D eigenvalue weighted by molar-refractivity contribution is 9.10. The van der Waals surface area contributed by atoms with Crippen molar-refractivity contribution in [3.63, 3.8) is 0 Å². The van der Waals surface area contributed by atoms with Gasteiger partial charge in [0.25, 0.3) is 0 Å². The van der Waals surface area contributed by atoms with E-state index < -0.39 is 5.60 Å². The Morgan fingerprint density at radius 2 is 1.92 bits per heavy atom. The topological polar surface area (TPSA) is 60.9 Å². The third-order valence-corrected chi connectivity index (χ3v) is 5.40. The maximum atomic E-state index is 12.6. The maximum Gasteiger partial charge on any atom is 0.245 e. The Morgan fingerprint density at radius 3 is 2.50 bits per heavy atom. The summed E-state index contributed by atoms with van der Waals surface area (Å²) in [6.45, 7) is 5.33. The molecule has 24 heavy (non-hydrogen) atoms. The van der Waals surface area contributed by atoms with E-state index in [2.05, 4.69) is 22.5 Å². The molecule has 1 aromatic rings. The normalized spacial score (nSPS) is 20.4. The summed E-state index contributed by atoms with van der Waals surface area (Å²) in [5.41, 5.74) is -0.133. The largest absolute Gasteiger partial charge is 0.381 e. The highest BCUT2D eigenvalue weighted by Crippen LogP contribution is 2.35. The lowest BCUT2D eigenvalue weighted by atomic mass is 9.84. The number of hydrogen-bond acceptors (Lipinski definition) is 3. The number of β-amino-alcohol motifs (C(OH)–C–C–N with tert-alkyl or cyclic N) is 1. The molecule has 0 bridgehead atoms. The Bertz CT molecular complexity index is 662. The summed E-state index contributed by atoms with van der Waals surface area (Å²) in [7, 11) is 0. The highest BCUT2D eigenvalue weighted by atomic mass is 79.9. The van der Waals surface area contributed by atoms with Crippen molar-refractivity contribution < 1.29 is 14.7 Å². The summed E-state index contributed by atoms with van der Waals surface area (Å²) in [6, 6.07) is 7.56. The van der Waals surface area contributed by atoms with E-state index in [1.54, 1.807) is 9.80 Å². The van der Waals surface area contributed by atoms with E-state index in [0.29, 0.717) is 39.0 Å². The van der Waals surface area contributed by atoms with Gasteiger partial charge in [-0.1, -0.05) is 34.6 Å². The lowest BCUT2D eigenvalue weighted by molar-refractivity contribution is -0.163. The molecule has 0 spiro atoms. The smallest absolute Gasteiger partial charge is 0.245 e. The molecule has 0 aliphatic carbocycles. The molecule has 2 amide bonds. The van der Waals surface area contributed by atoms with Crippen LogP contribution in [-0.4, -0.2) is 52.9 Å². The maximum absolute atomic E-state index is 12.6. The predicted molar refractivity (Wildman–Crippen MR) is 94.1 cm³/mol. The Balaban J connectivity index is 1.55. The molecule has 2 aliphatic heterocycles. The van der Waals surface area contributed by atoms with Gasteiger partial charge in [0.2, 0.25) is 11.8 Å². The predicted octanol–water partition coefficient (Wildman–Crippen LogP) is 1.90. The number of amides is 2. The molecular formula is C18H21BrN2O3. The summed E-state index contributed by atoms with van der Waals surface area (Å²) in [4.78, 5) is 27.6. The van der Waals surface area contributed by atoms with Gasteiger partial charge in [0.15, 0.2) is 0 Å². The SMILES string of the molecule is C=CC(=O)N1CCC(C(=O)N2CC(O)(c3cccc(Br)c3)C2)CC1. The zero-order valence-electron chi connectivity index (χ0n) is 13.4. The van der Waals surface area contributed by atoms with Gasteiger partial charge in [-0.05, 0) is 36.6 Å². The number of benzene rings is 1. The fraction of sp³-hybridized carbons (Fsp3) is 0.444. The Labute approximate surface area is 150 Å². The Morgan fingerprint density at radius 1 is 1.25 bits per heavy atom. The first-order valence-corrected chi connectivity index (χ1v) is 8.91. The third kappa shape index (κ3) is 3.26. The van der Waals surface area contributed by atoms with Crippen molar-refractivity contribution in [3.05, 3.63) is 47.0 Å². The van der Waals surface area contributed by atoms with Crippen LogP contribution in [-0.2, 0) is 15.2 Å². The van der Waals surface area contributed by atoms with Gasteiger partial charge >= 0.3 is 0 Å². The van der Waals surface area contributed by atoms with Gasteiger partial charge in [0.1, 0.15) is 5.60 Å². The van der Waals surface area contributed by atoms with Gasteiger partial charge in [0.05, 0.1) is 13.1 Å². The summed E-state index contributed by atoms with van der Waals surface area (Å²) < 4.78 is 0.914. The van der Waals surface area contributed by atoms with Crippen molar-refractivity contribution in [3.8, 4) is 0 Å². The Kier molecular flexibility index (Phi) is 4.78. The van der Waals surface area contributed by atoms with Crippen molar-refractivity contribution >= 4 is 27.7 Å². The van der Waals surface area contributed by atoms with Crippen LogP contribution in [0.3, 0.4) is 0 Å². The molecule has 2 saturated heterocycles. The zero-order chi connectivity index (χ0) is 17.3. The fourth-order valence-electron chi connectivity index (χ4n) is 3.44. The standard InChI is InChI=1S/C18H21BrN2O3/c1-2-16(22)20-8-6-13(7-9-20)17(23)21-11-18(24,12-21)14-4-3-5-15(19)10-14/h2-5,10,13,24H,1,6-9,11-12H2. The molecule has 2 fully saturated rings. The molecule has 0 saturated carbocycles. The van der Waals surface area contributed by atoms with Crippen LogP contribution in [0.1, 0.15) is 18.4 Å². The second-order valence-electron chi connectivity index (χ2n) is 6.54. The van der Waals surface area contributed by atoms with Crippen molar-refractivity contribution in [1.29, 1.82) is 0 Å². The molecule has 0 aromatic heterocycles. The summed E-state index contributed by atoms with van der Waals surface area (Å²) in [5.74, 6) is -0.0554. The lowest BCUT2D eigenvalue weighted by Gasteiger charge is -2.48. The number of likely N-dealkylation sites (tertiary alicyclic amines) is 2. The molecule has 3 rings (SSSR count). The van der Waals surface area contributed by atoms with E-state index in [-0.39, 0.29) is 17.7 Å². The van der Waals surface area contributed by atoms with E-state index in [0.717, 1.165) is 10.0 Å². The zero-order valence-corrected chi connectivity index (χ0v) is 15.0. The number of rotatable bonds is 3. The minimum Gasteiger partial charge on any atom is -0.381 e. The van der Waals surface area contributed by atoms with Crippen LogP contribution in [0, 0.1) is 5.92 Å². The number of piperidine rings is 1. The Hall–Kier alpha value is -1.66. The average molecular weight is 393 g/mol. The molecule has 1 aromatic carbocycles. The molecule has 6 heteroatoms. The summed E-state index contributed by atoms with van der Waals surface area (Å²) in [6.07, 6.45) is 2.66. The van der Waals surface area contributed by atoms with Crippen molar-refractivity contribution in [2.24, 2.45) is 5.92 Å². The summed E-state index contributed by atoms with van der Waals surface area (Å²) >= 11 is 3.41. The van der Waals surface area contributed by atoms with Gasteiger partial charge < -0.3 is 14.9 Å². The number of hydrogen-bond donors (Lipinski definition) is 1. The first-order valence-electron chi connectivity index (χ1n) is 8.11. The number of nitrogens with zero attached hydrogens (tertiary/aromatic N) is 2. The van der Waals surface area contributed by atoms with Gasteiger partial charge in [-0.15, -0.1) is 0 Å². The number of halogens is 1. The van der Waals surface area contributed by atoms with Crippen molar-refractivity contribution in [1.82, 2.24) is 9.80 Å². The first-order chi connectivity index (χ1) is 11.4. The van der Waals surface area contributed by atoms with Crippen LogP contribution in [0.4, 0.5) is 0 Å². The van der Waals surface area contributed by atoms with E-state index in [4.69, 9.17) is 0 Å². The van der Waals surface area contributed by atoms with E-state index >= 15 is 0 Å². The molecule has 0 unspecified atom stereocenters. The van der Waals surface area contributed by atoms with Gasteiger partial charge in [-0.2, -0.15) is 0 Å². The number of carbonyl (C=O) groups excluding carboxylic acids is 2. The quantitative estimate of drug-likeness (QED) is 0.799. The van der Waals surface area contributed by atoms with E-state index in [1.165, 1.54) is 6.08 Å². The third-order valence-electron chi connectivity index (χ3n) is 4.91. The number of aliphatic hydroxyl groups is 1. The molecule has 2 aliphatic rings. The number of carbonyl (C=O) groups is 2. The fourth-order valence-corrected chi connectivity index (χ4v) is 3.83. The van der Waals surface area contributed by atoms with E-state index in [9.17, 15) is 14.7 Å². The molecule has 128 valence electrons. The second kappa shape index (κ2) is 6.69. The average Bonchev–Trinajstić information content (AvgIpc) is 2.57. The van der Waals surface area contributed by atoms with Crippen molar-refractivity contribution in [2.75, 3.05) is 26.2 Å². The van der Waals surface area contributed by atoms with Crippen LogP contribution in [0.5, 0.6) is 0 Å². The van der Waals surface area contributed by atoms with E-state index in [1.807, 2.05) is 24.3 Å². The highest BCUT2D eigenvalue weighted by Gasteiger charge is 2.46. The molecule has 5 nitrogen and oxygen atoms in total. The van der Waals surface area contributed by atoms with Crippen molar-refractivity contribution in [2.45, 2.75) is 18.4 Å². The monoisotopic (exact) mass is 392 g/mol. The van der Waals surface area contributed by atoms with Crippen LogP contribution in [0.15, 0.2) is 41.4 Å². The van der Waals surface area contributed by atoms with Gasteiger partial charge in [0, 0.05) is 23.5 Å². The van der Waals surface area contributed by atoms with Crippen LogP contribution >= 0.6 is 15.9 Å². The molecule has 1 N–H and O–H groups in total. The molecule has 0 atom stereocenters. The lowest BCUT2D eigenvalue weighted by Crippen LogP contribution is -2.62. The van der Waals surface area contributed by atoms with Crippen LogP contribution < -0.4 is 0 Å². The second-order valence-corrected chi connectivity index (χ2v) is 7.46. The molecule has 0 radical (unpaired) electrons. The molecule has 2 heterocycles. The minimum absolute atomic E-state index is 0.0640.